The first-order valence-corrected chi connectivity index (χ1v) is 8.53. The second-order valence-electron chi connectivity index (χ2n) is 6.01. The number of anilines is 1. The molecule has 1 fully saturated rings. The zero-order chi connectivity index (χ0) is 17.8. The quantitative estimate of drug-likeness (QED) is 0.882. The summed E-state index contributed by atoms with van der Waals surface area (Å²) in [5, 5.41) is 10.4. The van der Waals surface area contributed by atoms with E-state index in [2.05, 4.69) is 15.7 Å². The van der Waals surface area contributed by atoms with Gasteiger partial charge in [0, 0.05) is 44.1 Å². The summed E-state index contributed by atoms with van der Waals surface area (Å²) in [4.78, 5) is 25.2. The first-order chi connectivity index (χ1) is 12.0. The van der Waals surface area contributed by atoms with Crippen LogP contribution in [0.25, 0.3) is 5.69 Å². The summed E-state index contributed by atoms with van der Waals surface area (Å²) >= 11 is 6.29. The molecule has 3 amide bonds. The molecule has 132 valence electrons. The summed E-state index contributed by atoms with van der Waals surface area (Å²) in [6, 6.07) is 7.11. The maximum atomic E-state index is 12.4. The summed E-state index contributed by atoms with van der Waals surface area (Å²) in [6.45, 7) is 2.72. The molecule has 1 aromatic heterocycles. The monoisotopic (exact) mass is 361 g/mol. The fourth-order valence-corrected chi connectivity index (χ4v) is 3.17. The standard InChI is InChI=1S/C17H20ClN5O2/c1-12(24)20-13-5-9-22(10-6-13)17(25)21-14-3-4-16(15(18)11-14)23-8-2-7-19-23/h2-4,7-8,11,13H,5-6,9-10H2,1H3,(H,20,24)(H,21,25). The third-order valence-electron chi connectivity index (χ3n) is 4.14. The molecule has 3 rings (SSSR count). The van der Waals surface area contributed by atoms with Gasteiger partial charge >= 0.3 is 6.03 Å². The molecule has 2 N–H and O–H groups in total. The van der Waals surface area contributed by atoms with Crippen molar-refractivity contribution in [2.45, 2.75) is 25.8 Å². The highest BCUT2D eigenvalue weighted by molar-refractivity contribution is 6.32. The number of carbonyl (C=O) groups excluding carboxylic acids is 2. The van der Waals surface area contributed by atoms with Gasteiger partial charge in [-0.1, -0.05) is 11.6 Å². The molecule has 0 saturated carbocycles. The van der Waals surface area contributed by atoms with Gasteiger partial charge < -0.3 is 15.5 Å². The molecule has 25 heavy (non-hydrogen) atoms. The Kier molecular flexibility index (Phi) is 5.23. The van der Waals surface area contributed by atoms with E-state index >= 15 is 0 Å². The average Bonchev–Trinajstić information content (AvgIpc) is 3.09. The molecular weight excluding hydrogens is 342 g/mol. The van der Waals surface area contributed by atoms with Gasteiger partial charge in [0.2, 0.25) is 5.91 Å². The minimum absolute atomic E-state index is 0.0326. The fraction of sp³-hybridized carbons (Fsp3) is 0.353. The molecule has 0 unspecified atom stereocenters. The summed E-state index contributed by atoms with van der Waals surface area (Å²) in [7, 11) is 0. The third-order valence-corrected chi connectivity index (χ3v) is 4.44. The number of aromatic nitrogens is 2. The van der Waals surface area contributed by atoms with E-state index in [-0.39, 0.29) is 18.0 Å². The maximum Gasteiger partial charge on any atom is 0.321 e. The molecule has 2 aromatic rings. The van der Waals surface area contributed by atoms with Crippen LogP contribution in [0.4, 0.5) is 10.5 Å². The lowest BCUT2D eigenvalue weighted by Crippen LogP contribution is -2.47. The van der Waals surface area contributed by atoms with E-state index in [0.29, 0.717) is 23.8 Å². The number of likely N-dealkylation sites (tertiary alicyclic amines) is 1. The number of rotatable bonds is 3. The van der Waals surface area contributed by atoms with Gasteiger partial charge in [-0.05, 0) is 37.1 Å². The molecule has 1 aromatic carbocycles. The van der Waals surface area contributed by atoms with Gasteiger partial charge in [-0.25, -0.2) is 9.48 Å². The highest BCUT2D eigenvalue weighted by Gasteiger charge is 2.23. The van der Waals surface area contributed by atoms with E-state index in [4.69, 9.17) is 11.6 Å². The fourth-order valence-electron chi connectivity index (χ4n) is 2.90. The second kappa shape index (κ2) is 7.57. The largest absolute Gasteiger partial charge is 0.353 e. The lowest BCUT2D eigenvalue weighted by molar-refractivity contribution is -0.119. The Morgan fingerprint density at radius 3 is 2.64 bits per heavy atom. The minimum Gasteiger partial charge on any atom is -0.353 e. The van der Waals surface area contributed by atoms with E-state index in [9.17, 15) is 9.59 Å². The SMILES string of the molecule is CC(=O)NC1CCN(C(=O)Nc2ccc(-n3cccn3)c(Cl)c2)CC1. The van der Waals surface area contributed by atoms with Gasteiger partial charge in [0.1, 0.15) is 0 Å². The number of nitrogens with zero attached hydrogens (tertiary/aromatic N) is 3. The molecule has 0 spiro atoms. The van der Waals surface area contributed by atoms with Gasteiger partial charge in [-0.15, -0.1) is 0 Å². The summed E-state index contributed by atoms with van der Waals surface area (Å²) in [5.74, 6) is -0.0326. The van der Waals surface area contributed by atoms with Gasteiger partial charge in [-0.2, -0.15) is 5.10 Å². The lowest BCUT2D eigenvalue weighted by Gasteiger charge is -2.32. The van der Waals surface area contributed by atoms with Crippen LogP contribution in [0, 0.1) is 0 Å². The number of hydrogen-bond acceptors (Lipinski definition) is 3. The Morgan fingerprint density at radius 2 is 2.04 bits per heavy atom. The zero-order valence-corrected chi connectivity index (χ0v) is 14.7. The molecule has 1 aliphatic heterocycles. The van der Waals surface area contributed by atoms with Gasteiger partial charge in [0.05, 0.1) is 10.7 Å². The topological polar surface area (TPSA) is 79.3 Å². The maximum absolute atomic E-state index is 12.4. The van der Waals surface area contributed by atoms with E-state index < -0.39 is 0 Å². The lowest BCUT2D eigenvalue weighted by atomic mass is 10.1. The van der Waals surface area contributed by atoms with Crippen molar-refractivity contribution in [2.24, 2.45) is 0 Å². The van der Waals surface area contributed by atoms with Crippen molar-refractivity contribution < 1.29 is 9.59 Å². The molecule has 0 radical (unpaired) electrons. The van der Waals surface area contributed by atoms with Crippen LogP contribution in [-0.4, -0.2) is 45.8 Å². The number of halogens is 1. The van der Waals surface area contributed by atoms with E-state index in [1.807, 2.05) is 12.1 Å². The Labute approximate surface area is 150 Å². The van der Waals surface area contributed by atoms with Gasteiger partial charge in [0.15, 0.2) is 0 Å². The molecule has 0 aliphatic carbocycles. The Balaban J connectivity index is 1.58. The summed E-state index contributed by atoms with van der Waals surface area (Å²) < 4.78 is 1.67. The summed E-state index contributed by atoms with van der Waals surface area (Å²) in [6.07, 6.45) is 4.99. The molecule has 1 saturated heterocycles. The number of carbonyl (C=O) groups is 2. The Morgan fingerprint density at radius 1 is 1.28 bits per heavy atom. The molecule has 2 heterocycles. The highest BCUT2D eigenvalue weighted by atomic mass is 35.5. The van der Waals surface area contributed by atoms with Crippen LogP contribution in [0.2, 0.25) is 5.02 Å². The normalized spacial score (nSPS) is 15.0. The van der Waals surface area contributed by atoms with Crippen LogP contribution in [0.1, 0.15) is 19.8 Å². The van der Waals surface area contributed by atoms with Crippen molar-refractivity contribution in [1.82, 2.24) is 20.0 Å². The van der Waals surface area contributed by atoms with Crippen LogP contribution >= 0.6 is 11.6 Å². The average molecular weight is 362 g/mol. The number of nitrogens with one attached hydrogen (secondary N) is 2. The van der Waals surface area contributed by atoms with Crippen molar-refractivity contribution in [3.05, 3.63) is 41.7 Å². The number of hydrogen-bond donors (Lipinski definition) is 2. The Bertz CT molecular complexity index is 754. The number of piperidine rings is 1. The van der Waals surface area contributed by atoms with E-state index in [1.54, 1.807) is 34.1 Å². The van der Waals surface area contributed by atoms with Crippen molar-refractivity contribution in [1.29, 1.82) is 0 Å². The first kappa shape index (κ1) is 17.3. The van der Waals surface area contributed by atoms with Crippen LogP contribution in [0.15, 0.2) is 36.7 Å². The number of urea groups is 1. The predicted molar refractivity (Wildman–Crippen MR) is 96.0 cm³/mol. The first-order valence-electron chi connectivity index (χ1n) is 8.15. The van der Waals surface area contributed by atoms with Crippen LogP contribution in [0.5, 0.6) is 0 Å². The summed E-state index contributed by atoms with van der Waals surface area (Å²) in [5.41, 5.74) is 1.38. The Hall–Kier alpha value is -2.54. The molecule has 1 aliphatic rings. The van der Waals surface area contributed by atoms with Gasteiger partial charge in [-0.3, -0.25) is 4.79 Å². The van der Waals surface area contributed by atoms with Crippen molar-refractivity contribution in [2.75, 3.05) is 18.4 Å². The molecule has 0 atom stereocenters. The van der Waals surface area contributed by atoms with Crippen LogP contribution < -0.4 is 10.6 Å². The number of benzene rings is 1. The van der Waals surface area contributed by atoms with Crippen molar-refractivity contribution in [3.63, 3.8) is 0 Å². The van der Waals surface area contributed by atoms with Crippen molar-refractivity contribution >= 4 is 29.2 Å². The van der Waals surface area contributed by atoms with E-state index in [1.165, 1.54) is 6.92 Å². The third kappa shape index (κ3) is 4.30. The smallest absolute Gasteiger partial charge is 0.321 e. The second-order valence-corrected chi connectivity index (χ2v) is 6.42. The van der Waals surface area contributed by atoms with Crippen LogP contribution in [0.3, 0.4) is 0 Å². The van der Waals surface area contributed by atoms with Gasteiger partial charge in [0.25, 0.3) is 0 Å². The number of amides is 3. The molecule has 0 bridgehead atoms. The van der Waals surface area contributed by atoms with Crippen LogP contribution in [-0.2, 0) is 4.79 Å². The molecule has 7 nitrogen and oxygen atoms in total. The van der Waals surface area contributed by atoms with E-state index in [0.717, 1.165) is 18.5 Å². The predicted octanol–water partition coefficient (Wildman–Crippen LogP) is 2.66. The highest BCUT2D eigenvalue weighted by Crippen LogP contribution is 2.24. The zero-order valence-electron chi connectivity index (χ0n) is 13.9. The minimum atomic E-state index is -0.163. The van der Waals surface area contributed by atoms with Crippen molar-refractivity contribution in [3.8, 4) is 5.69 Å². The molecular formula is C17H20ClN5O2. The molecule has 8 heteroatoms.